The molecule has 0 saturated heterocycles. The average molecular weight is 308 g/mol. The molecule has 0 radical (unpaired) electrons. The molecule has 0 amide bonds. The fourth-order valence-corrected chi connectivity index (χ4v) is 2.99. The van der Waals surface area contributed by atoms with Crippen molar-refractivity contribution in [3.8, 4) is 0 Å². The maximum absolute atomic E-state index is 13.2. The van der Waals surface area contributed by atoms with Gasteiger partial charge in [0.15, 0.2) is 16.6 Å². The third-order valence-corrected chi connectivity index (χ3v) is 4.07. The van der Waals surface area contributed by atoms with Crippen molar-refractivity contribution in [1.82, 2.24) is 14.8 Å². The number of fused-ring (bicyclic) bond motifs is 1. The van der Waals surface area contributed by atoms with Crippen LogP contribution in [0.1, 0.15) is 11.3 Å². The van der Waals surface area contributed by atoms with Gasteiger partial charge in [0.2, 0.25) is 0 Å². The first-order valence-corrected chi connectivity index (χ1v) is 7.35. The van der Waals surface area contributed by atoms with Gasteiger partial charge in [0.1, 0.15) is 0 Å². The highest BCUT2D eigenvalue weighted by Crippen LogP contribution is 2.15. The van der Waals surface area contributed by atoms with Crippen LogP contribution in [-0.4, -0.2) is 15.4 Å². The van der Waals surface area contributed by atoms with Crippen LogP contribution in [0.15, 0.2) is 36.0 Å². The minimum Gasteiger partial charge on any atom is -0.297 e. The first-order chi connectivity index (χ1) is 10.2. The summed E-state index contributed by atoms with van der Waals surface area (Å²) in [4.78, 5) is 5.41. The summed E-state index contributed by atoms with van der Waals surface area (Å²) < 4.78 is 28.1. The van der Waals surface area contributed by atoms with Crippen LogP contribution in [0.5, 0.6) is 0 Å². The summed E-state index contributed by atoms with van der Waals surface area (Å²) in [6, 6.07) is 3.80. The average Bonchev–Trinajstić information content (AvgIpc) is 3.03. The number of imidazole rings is 1. The highest BCUT2D eigenvalue weighted by molar-refractivity contribution is 7.15. The Kier molecular flexibility index (Phi) is 3.96. The van der Waals surface area contributed by atoms with Gasteiger partial charge in [-0.2, -0.15) is 0 Å². The SMILES string of the molecule is NNC(Cc1ccc(F)c(F)c1)Cc1cn2ccsc2n1. The smallest absolute Gasteiger partial charge is 0.193 e. The molecule has 0 fully saturated rings. The van der Waals surface area contributed by atoms with Crippen molar-refractivity contribution in [3.05, 3.63) is 58.9 Å². The quantitative estimate of drug-likeness (QED) is 0.562. The fraction of sp³-hybridized carbons (Fsp3) is 0.214. The Hall–Kier alpha value is -1.83. The van der Waals surface area contributed by atoms with E-state index in [0.29, 0.717) is 18.4 Å². The Labute approximate surface area is 124 Å². The maximum atomic E-state index is 13.2. The highest BCUT2D eigenvalue weighted by Gasteiger charge is 2.13. The molecule has 110 valence electrons. The molecule has 0 saturated carbocycles. The molecule has 0 spiro atoms. The van der Waals surface area contributed by atoms with Gasteiger partial charge in [0.25, 0.3) is 0 Å². The zero-order valence-corrected chi connectivity index (χ0v) is 11.9. The molecule has 0 aliphatic heterocycles. The van der Waals surface area contributed by atoms with Crippen molar-refractivity contribution in [2.75, 3.05) is 0 Å². The van der Waals surface area contributed by atoms with Gasteiger partial charge in [-0.15, -0.1) is 11.3 Å². The van der Waals surface area contributed by atoms with E-state index in [4.69, 9.17) is 5.84 Å². The molecule has 0 aliphatic carbocycles. The molecule has 3 aromatic rings. The number of hydrogen-bond acceptors (Lipinski definition) is 4. The molecule has 21 heavy (non-hydrogen) atoms. The van der Waals surface area contributed by atoms with Gasteiger partial charge in [-0.1, -0.05) is 6.07 Å². The van der Waals surface area contributed by atoms with E-state index in [2.05, 4.69) is 10.4 Å². The fourth-order valence-electron chi connectivity index (χ4n) is 2.27. The minimum absolute atomic E-state index is 0.0977. The van der Waals surface area contributed by atoms with Gasteiger partial charge >= 0.3 is 0 Å². The minimum atomic E-state index is -0.842. The highest BCUT2D eigenvalue weighted by atomic mass is 32.1. The first-order valence-electron chi connectivity index (χ1n) is 6.47. The Morgan fingerprint density at radius 2 is 2.14 bits per heavy atom. The molecular formula is C14H14F2N4S. The first kappa shape index (κ1) is 14.1. The number of benzene rings is 1. The third-order valence-electron chi connectivity index (χ3n) is 3.30. The van der Waals surface area contributed by atoms with Crippen LogP contribution in [-0.2, 0) is 12.8 Å². The number of thiazole rings is 1. The number of nitrogens with two attached hydrogens (primary N) is 1. The molecule has 2 heterocycles. The summed E-state index contributed by atoms with van der Waals surface area (Å²) in [6.07, 6.45) is 5.00. The van der Waals surface area contributed by atoms with E-state index in [1.807, 2.05) is 22.2 Å². The number of hydrazine groups is 1. The molecule has 0 aliphatic rings. The van der Waals surface area contributed by atoms with E-state index in [1.54, 1.807) is 17.4 Å². The van der Waals surface area contributed by atoms with Crippen molar-refractivity contribution in [3.63, 3.8) is 0 Å². The topological polar surface area (TPSA) is 55.3 Å². The van der Waals surface area contributed by atoms with Gasteiger partial charge in [0, 0.05) is 30.2 Å². The summed E-state index contributed by atoms with van der Waals surface area (Å²) in [7, 11) is 0. The van der Waals surface area contributed by atoms with E-state index >= 15 is 0 Å². The Morgan fingerprint density at radius 3 is 2.86 bits per heavy atom. The van der Waals surface area contributed by atoms with Crippen molar-refractivity contribution in [2.24, 2.45) is 5.84 Å². The Morgan fingerprint density at radius 1 is 1.29 bits per heavy atom. The zero-order valence-electron chi connectivity index (χ0n) is 11.1. The lowest BCUT2D eigenvalue weighted by atomic mass is 10.0. The van der Waals surface area contributed by atoms with Gasteiger partial charge in [0.05, 0.1) is 5.69 Å². The van der Waals surface area contributed by atoms with Gasteiger partial charge in [-0.05, 0) is 24.1 Å². The molecule has 1 aromatic carbocycles. The molecular weight excluding hydrogens is 294 g/mol. The van der Waals surface area contributed by atoms with Crippen LogP contribution in [0.25, 0.3) is 4.96 Å². The maximum Gasteiger partial charge on any atom is 0.193 e. The van der Waals surface area contributed by atoms with E-state index in [9.17, 15) is 8.78 Å². The standard InChI is InChI=1S/C14H14F2N4S/c15-12-2-1-9(6-13(12)16)5-10(19-17)7-11-8-20-3-4-21-14(20)18-11/h1-4,6,8,10,19H,5,7,17H2. The van der Waals surface area contributed by atoms with Gasteiger partial charge in [-0.3, -0.25) is 15.7 Å². The summed E-state index contributed by atoms with van der Waals surface area (Å²) in [5.41, 5.74) is 4.31. The van der Waals surface area contributed by atoms with Crippen molar-refractivity contribution in [2.45, 2.75) is 18.9 Å². The second-order valence-corrected chi connectivity index (χ2v) is 5.72. The van der Waals surface area contributed by atoms with E-state index in [1.165, 1.54) is 6.07 Å². The lowest BCUT2D eigenvalue weighted by Gasteiger charge is -2.14. The molecule has 3 rings (SSSR count). The van der Waals surface area contributed by atoms with E-state index < -0.39 is 11.6 Å². The van der Waals surface area contributed by atoms with E-state index in [-0.39, 0.29) is 6.04 Å². The zero-order chi connectivity index (χ0) is 14.8. The molecule has 3 N–H and O–H groups in total. The number of rotatable bonds is 5. The predicted molar refractivity (Wildman–Crippen MR) is 77.9 cm³/mol. The van der Waals surface area contributed by atoms with Crippen LogP contribution < -0.4 is 11.3 Å². The molecule has 0 bridgehead atoms. The number of aromatic nitrogens is 2. The normalized spacial score (nSPS) is 12.9. The van der Waals surface area contributed by atoms with Crippen LogP contribution in [0.2, 0.25) is 0 Å². The number of nitrogens with zero attached hydrogens (tertiary/aromatic N) is 2. The number of halogens is 2. The molecule has 7 heteroatoms. The van der Waals surface area contributed by atoms with Gasteiger partial charge in [-0.25, -0.2) is 13.8 Å². The summed E-state index contributed by atoms with van der Waals surface area (Å²) >= 11 is 1.56. The number of nitrogens with one attached hydrogen (secondary N) is 1. The second kappa shape index (κ2) is 5.88. The molecule has 4 nitrogen and oxygen atoms in total. The summed E-state index contributed by atoms with van der Waals surface area (Å²) in [5.74, 6) is 3.87. The number of hydrogen-bond donors (Lipinski definition) is 2. The van der Waals surface area contributed by atoms with Gasteiger partial charge < -0.3 is 0 Å². The Bertz CT molecular complexity index is 724. The summed E-state index contributed by atoms with van der Waals surface area (Å²) in [5, 5.41) is 1.96. The molecule has 1 atom stereocenters. The largest absolute Gasteiger partial charge is 0.297 e. The van der Waals surface area contributed by atoms with Crippen LogP contribution >= 0.6 is 11.3 Å². The second-order valence-electron chi connectivity index (χ2n) is 4.85. The predicted octanol–water partition coefficient (Wildman–Crippen LogP) is 2.29. The van der Waals surface area contributed by atoms with Crippen molar-refractivity contribution in [1.29, 1.82) is 0 Å². The molecule has 1 unspecified atom stereocenters. The lowest BCUT2D eigenvalue weighted by Crippen LogP contribution is -2.38. The summed E-state index contributed by atoms with van der Waals surface area (Å²) in [6.45, 7) is 0. The van der Waals surface area contributed by atoms with Crippen LogP contribution in [0.3, 0.4) is 0 Å². The van der Waals surface area contributed by atoms with Crippen LogP contribution in [0.4, 0.5) is 8.78 Å². The van der Waals surface area contributed by atoms with Crippen molar-refractivity contribution >= 4 is 16.3 Å². The third kappa shape index (κ3) is 3.10. The Balaban J connectivity index is 1.72. The lowest BCUT2D eigenvalue weighted by molar-refractivity contribution is 0.497. The monoisotopic (exact) mass is 308 g/mol. The van der Waals surface area contributed by atoms with E-state index in [0.717, 1.165) is 16.7 Å². The van der Waals surface area contributed by atoms with Crippen LogP contribution in [0, 0.1) is 11.6 Å². The molecule has 2 aromatic heterocycles. The van der Waals surface area contributed by atoms with Crippen molar-refractivity contribution < 1.29 is 8.78 Å².